The van der Waals surface area contributed by atoms with Gasteiger partial charge in [-0.3, -0.25) is 0 Å². The predicted molar refractivity (Wildman–Crippen MR) is 126 cm³/mol. The van der Waals surface area contributed by atoms with Gasteiger partial charge in [-0.05, 0) is 33.6 Å². The molecule has 200 valence electrons. The van der Waals surface area contributed by atoms with Crippen LogP contribution >= 0.6 is 15.6 Å². The Morgan fingerprint density at radius 1 is 0.794 bits per heavy atom. The van der Waals surface area contributed by atoms with Crippen LogP contribution in [-0.2, 0) is 30.8 Å². The first-order valence-electron chi connectivity index (χ1n) is 10.3. The van der Waals surface area contributed by atoms with Gasteiger partial charge in [0.1, 0.15) is 12.4 Å². The molecule has 0 spiro atoms. The summed E-state index contributed by atoms with van der Waals surface area (Å²) in [5.41, 5.74) is 7.93. The summed E-state index contributed by atoms with van der Waals surface area (Å²) < 4.78 is 28.2. The second-order valence-corrected chi connectivity index (χ2v) is 12.7. The molecule has 0 aliphatic carbocycles. The van der Waals surface area contributed by atoms with Gasteiger partial charge >= 0.3 is 15.6 Å². The Morgan fingerprint density at radius 2 is 1.21 bits per heavy atom. The van der Waals surface area contributed by atoms with Crippen molar-refractivity contribution in [1.29, 1.82) is 0 Å². The molecule has 1 rings (SSSR count). The molecular formula is C20H39NO11P2. The van der Waals surface area contributed by atoms with E-state index in [1.807, 2.05) is 6.07 Å². The Balaban J connectivity index is 0.00000102. The SMILES string of the molecule is CC(C)(C)c1cc(C(C)(C)C)c(OCC(CO)(CO)CO)cc1CN.O=P(O)(O)OP(=O)(O)O. The van der Waals surface area contributed by atoms with E-state index in [0.717, 1.165) is 11.1 Å². The number of rotatable bonds is 9. The number of benzene rings is 1. The lowest BCUT2D eigenvalue weighted by atomic mass is 9.78. The van der Waals surface area contributed by atoms with Crippen molar-refractivity contribution in [1.82, 2.24) is 0 Å². The molecule has 0 saturated carbocycles. The van der Waals surface area contributed by atoms with Crippen LogP contribution in [0.3, 0.4) is 0 Å². The van der Waals surface area contributed by atoms with Gasteiger partial charge in [0.15, 0.2) is 0 Å². The smallest absolute Gasteiger partial charge is 0.478 e. The molecule has 0 aliphatic heterocycles. The van der Waals surface area contributed by atoms with E-state index in [9.17, 15) is 24.4 Å². The van der Waals surface area contributed by atoms with Gasteiger partial charge in [0, 0.05) is 6.54 Å². The maximum absolute atomic E-state index is 9.63. The number of aliphatic hydroxyl groups excluding tert-OH is 3. The maximum atomic E-state index is 9.63. The average Bonchev–Trinajstić information content (AvgIpc) is 2.65. The molecule has 0 atom stereocenters. The highest BCUT2D eigenvalue weighted by molar-refractivity contribution is 7.60. The largest absolute Gasteiger partial charge is 0.492 e. The highest BCUT2D eigenvalue weighted by Gasteiger charge is 2.31. The van der Waals surface area contributed by atoms with E-state index in [0.29, 0.717) is 12.3 Å². The first-order valence-corrected chi connectivity index (χ1v) is 13.4. The van der Waals surface area contributed by atoms with Crippen LogP contribution in [0.25, 0.3) is 0 Å². The molecular weight excluding hydrogens is 492 g/mol. The third kappa shape index (κ3) is 11.2. The van der Waals surface area contributed by atoms with Gasteiger partial charge < -0.3 is 45.4 Å². The maximum Gasteiger partial charge on any atom is 0.478 e. The van der Waals surface area contributed by atoms with E-state index in [-0.39, 0.29) is 37.3 Å². The quantitative estimate of drug-likeness (QED) is 0.211. The second kappa shape index (κ2) is 12.4. The van der Waals surface area contributed by atoms with Gasteiger partial charge in [0.2, 0.25) is 0 Å². The van der Waals surface area contributed by atoms with Crippen LogP contribution in [-0.4, -0.2) is 61.3 Å². The summed E-state index contributed by atoms with van der Waals surface area (Å²) in [6.07, 6.45) is 0. The van der Waals surface area contributed by atoms with E-state index in [1.54, 1.807) is 0 Å². The molecule has 12 nitrogen and oxygen atoms in total. The summed E-state index contributed by atoms with van der Waals surface area (Å²) in [4.78, 5) is 31.0. The Hall–Kier alpha value is -0.880. The summed E-state index contributed by atoms with van der Waals surface area (Å²) in [6.45, 7) is 12.2. The Labute approximate surface area is 200 Å². The Morgan fingerprint density at radius 3 is 1.47 bits per heavy atom. The van der Waals surface area contributed by atoms with Gasteiger partial charge in [0.25, 0.3) is 0 Å². The van der Waals surface area contributed by atoms with Gasteiger partial charge in [-0.15, -0.1) is 0 Å². The lowest BCUT2D eigenvalue weighted by molar-refractivity contribution is -0.0262. The van der Waals surface area contributed by atoms with Crippen molar-refractivity contribution in [2.45, 2.75) is 58.9 Å². The molecule has 0 fully saturated rings. The molecule has 0 amide bonds. The zero-order valence-electron chi connectivity index (χ0n) is 20.4. The van der Waals surface area contributed by atoms with E-state index < -0.39 is 21.1 Å². The van der Waals surface area contributed by atoms with Gasteiger partial charge in [-0.1, -0.05) is 47.6 Å². The Bertz CT molecular complexity index is 849. The normalized spacial score (nSPS) is 13.4. The van der Waals surface area contributed by atoms with Crippen molar-refractivity contribution in [3.8, 4) is 5.75 Å². The zero-order valence-corrected chi connectivity index (χ0v) is 22.2. The molecule has 1 aromatic carbocycles. The van der Waals surface area contributed by atoms with Crippen LogP contribution in [0.1, 0.15) is 58.2 Å². The van der Waals surface area contributed by atoms with Crippen LogP contribution in [0.2, 0.25) is 0 Å². The fraction of sp³-hybridized carbons (Fsp3) is 0.700. The van der Waals surface area contributed by atoms with Gasteiger partial charge in [-0.2, -0.15) is 4.31 Å². The van der Waals surface area contributed by atoms with Crippen molar-refractivity contribution in [3.63, 3.8) is 0 Å². The second-order valence-electron chi connectivity index (χ2n) is 10.0. The molecule has 0 heterocycles. The van der Waals surface area contributed by atoms with E-state index in [4.69, 9.17) is 30.0 Å². The van der Waals surface area contributed by atoms with Crippen molar-refractivity contribution < 1.29 is 53.1 Å². The minimum absolute atomic E-state index is 0.0262. The molecule has 0 radical (unpaired) electrons. The van der Waals surface area contributed by atoms with E-state index >= 15 is 0 Å². The molecule has 14 heteroatoms. The minimum Gasteiger partial charge on any atom is -0.492 e. The molecule has 0 bridgehead atoms. The number of hydrogen-bond donors (Lipinski definition) is 8. The van der Waals surface area contributed by atoms with Crippen LogP contribution in [0, 0.1) is 5.41 Å². The molecule has 34 heavy (non-hydrogen) atoms. The van der Waals surface area contributed by atoms with Crippen LogP contribution < -0.4 is 10.5 Å². The third-order valence-corrected chi connectivity index (χ3v) is 6.50. The van der Waals surface area contributed by atoms with Crippen LogP contribution in [0.5, 0.6) is 5.75 Å². The summed E-state index contributed by atoms with van der Waals surface area (Å²) in [6, 6.07) is 4.11. The van der Waals surface area contributed by atoms with Crippen LogP contribution in [0.15, 0.2) is 12.1 Å². The number of hydrogen-bond acceptors (Lipinski definition) is 8. The van der Waals surface area contributed by atoms with Crippen molar-refractivity contribution in [2.75, 3.05) is 26.4 Å². The summed E-state index contributed by atoms with van der Waals surface area (Å²) in [5, 5.41) is 28.5. The number of nitrogens with two attached hydrogens (primary N) is 1. The summed E-state index contributed by atoms with van der Waals surface area (Å²) >= 11 is 0. The van der Waals surface area contributed by atoms with E-state index in [2.05, 4.69) is 51.9 Å². The van der Waals surface area contributed by atoms with Crippen molar-refractivity contribution in [3.05, 3.63) is 28.8 Å². The molecule has 0 aromatic heterocycles. The highest BCUT2D eigenvalue weighted by Crippen LogP contribution is 2.53. The van der Waals surface area contributed by atoms with Crippen molar-refractivity contribution >= 4 is 15.6 Å². The monoisotopic (exact) mass is 531 g/mol. The topological polar surface area (TPSA) is 220 Å². The minimum atomic E-state index is -5.05. The fourth-order valence-corrected chi connectivity index (χ4v) is 3.96. The number of aliphatic hydroxyl groups is 3. The van der Waals surface area contributed by atoms with Crippen LogP contribution in [0.4, 0.5) is 0 Å². The molecule has 0 aliphatic rings. The predicted octanol–water partition coefficient (Wildman–Crippen LogP) is 1.27. The van der Waals surface area contributed by atoms with Gasteiger partial charge in [-0.25, -0.2) is 9.13 Å². The molecule has 1 aromatic rings. The lowest BCUT2D eigenvalue weighted by Gasteiger charge is -2.32. The standard InChI is InChI=1S/C20H35NO4.H4O7P2/c1-18(2,3)15-8-16(19(4,5)6)17(7-14(15)9-21)25-13-20(10-22,11-23)12-24;1-8(2,3)7-9(4,5)6/h7-8,22-24H,9-13,21H2,1-6H3;(H2,1,2,3)(H2,4,5,6). The fourth-order valence-electron chi connectivity index (χ4n) is 2.85. The first-order chi connectivity index (χ1) is 15.1. The number of phosphoric acid groups is 2. The number of ether oxygens (including phenoxy) is 1. The lowest BCUT2D eigenvalue weighted by Crippen LogP contribution is -2.40. The molecule has 9 N–H and O–H groups in total. The van der Waals surface area contributed by atoms with Crippen molar-refractivity contribution in [2.24, 2.45) is 11.1 Å². The molecule has 0 unspecified atom stereocenters. The van der Waals surface area contributed by atoms with Gasteiger partial charge in [0.05, 0.1) is 25.2 Å². The van der Waals surface area contributed by atoms with E-state index in [1.165, 1.54) is 5.56 Å². The summed E-state index contributed by atoms with van der Waals surface area (Å²) in [7, 11) is -10.1. The first kappa shape index (κ1) is 33.1. The average molecular weight is 531 g/mol. The zero-order chi connectivity index (χ0) is 27.2. The summed E-state index contributed by atoms with van der Waals surface area (Å²) in [5.74, 6) is 0.681. The molecule has 0 saturated heterocycles. The highest BCUT2D eigenvalue weighted by atomic mass is 31.3. The third-order valence-electron chi connectivity index (χ3n) is 4.79. The Kier molecular flexibility index (Phi) is 12.1.